The molecule has 0 spiro atoms. The van der Waals surface area contributed by atoms with E-state index in [1.54, 1.807) is 0 Å². The number of hydrogen-bond acceptors (Lipinski definition) is 1. The lowest BCUT2D eigenvalue weighted by molar-refractivity contribution is -0.137. The summed E-state index contributed by atoms with van der Waals surface area (Å²) in [5, 5.41) is 0.236. The fraction of sp³-hybridized carbons (Fsp3) is 0.0714. The van der Waals surface area contributed by atoms with E-state index in [1.165, 1.54) is 28.9 Å². The Bertz CT molecular complexity index is 823. The number of imidazole rings is 1. The van der Waals surface area contributed by atoms with Crippen molar-refractivity contribution in [2.45, 2.75) is 6.18 Å². The van der Waals surface area contributed by atoms with Crippen LogP contribution in [0, 0.1) is 5.82 Å². The molecule has 0 atom stereocenters. The first-order valence-corrected chi connectivity index (χ1v) is 6.24. The molecule has 0 fully saturated rings. The number of hydrogen-bond donors (Lipinski definition) is 0. The lowest BCUT2D eigenvalue weighted by Crippen LogP contribution is -2.05. The van der Waals surface area contributed by atoms with E-state index in [2.05, 4.69) is 4.98 Å². The number of rotatable bonds is 1. The highest BCUT2D eigenvalue weighted by Gasteiger charge is 2.30. The molecule has 0 amide bonds. The van der Waals surface area contributed by atoms with Crippen molar-refractivity contribution < 1.29 is 17.6 Å². The molecule has 21 heavy (non-hydrogen) atoms. The molecule has 0 bridgehead atoms. The molecule has 0 unspecified atom stereocenters. The van der Waals surface area contributed by atoms with Gasteiger partial charge in [-0.15, -0.1) is 0 Å². The Balaban J connectivity index is 2.13. The summed E-state index contributed by atoms with van der Waals surface area (Å²) < 4.78 is 53.1. The molecule has 1 aromatic carbocycles. The van der Waals surface area contributed by atoms with Crippen LogP contribution in [0.15, 0.2) is 42.7 Å². The Morgan fingerprint density at radius 1 is 1.10 bits per heavy atom. The van der Waals surface area contributed by atoms with Gasteiger partial charge in [-0.3, -0.25) is 0 Å². The molecule has 0 saturated carbocycles. The zero-order chi connectivity index (χ0) is 15.2. The molecule has 2 nitrogen and oxygen atoms in total. The van der Waals surface area contributed by atoms with Gasteiger partial charge < -0.3 is 4.40 Å². The van der Waals surface area contributed by atoms with Gasteiger partial charge in [0.2, 0.25) is 0 Å². The topological polar surface area (TPSA) is 17.3 Å². The number of alkyl halides is 3. The zero-order valence-electron chi connectivity index (χ0n) is 10.3. The Morgan fingerprint density at radius 3 is 2.52 bits per heavy atom. The van der Waals surface area contributed by atoms with Crippen LogP contribution in [-0.2, 0) is 6.18 Å². The maximum Gasteiger partial charge on any atom is 0.416 e. The first-order chi connectivity index (χ1) is 9.84. The molecule has 0 aliphatic heterocycles. The van der Waals surface area contributed by atoms with Crippen molar-refractivity contribution in [2.24, 2.45) is 0 Å². The molecule has 0 aliphatic rings. The van der Waals surface area contributed by atoms with Crippen LogP contribution in [-0.4, -0.2) is 9.38 Å². The van der Waals surface area contributed by atoms with Gasteiger partial charge >= 0.3 is 6.18 Å². The molecule has 3 aromatic rings. The summed E-state index contributed by atoms with van der Waals surface area (Å²) in [5.41, 5.74) is -0.293. The summed E-state index contributed by atoms with van der Waals surface area (Å²) in [7, 11) is 0. The van der Waals surface area contributed by atoms with Gasteiger partial charge in [0.25, 0.3) is 0 Å². The number of benzene rings is 1. The highest BCUT2D eigenvalue weighted by Crippen LogP contribution is 2.31. The molecule has 0 aliphatic carbocycles. The fourth-order valence-electron chi connectivity index (χ4n) is 1.99. The third-order valence-electron chi connectivity index (χ3n) is 2.99. The van der Waals surface area contributed by atoms with E-state index in [-0.39, 0.29) is 21.9 Å². The van der Waals surface area contributed by atoms with Gasteiger partial charge in [-0.05, 0) is 30.3 Å². The fourth-order valence-corrected chi connectivity index (χ4v) is 2.14. The molecular formula is C14H7ClF4N2. The molecule has 0 saturated heterocycles. The van der Waals surface area contributed by atoms with Crippen LogP contribution in [0.1, 0.15) is 5.56 Å². The first-order valence-electron chi connectivity index (χ1n) is 5.86. The number of halogens is 5. The van der Waals surface area contributed by atoms with Gasteiger partial charge in [0.15, 0.2) is 0 Å². The van der Waals surface area contributed by atoms with E-state index in [9.17, 15) is 17.6 Å². The third kappa shape index (κ3) is 2.58. The normalized spacial score (nSPS) is 12.0. The molecule has 2 heterocycles. The first kappa shape index (κ1) is 13.9. The number of fused-ring (bicyclic) bond motifs is 1. The van der Waals surface area contributed by atoms with Crippen LogP contribution in [0.25, 0.3) is 16.9 Å². The SMILES string of the molecule is Fc1cc(Cl)ccc1-c1cn2ccc(C(F)(F)F)cc2n1. The standard InChI is InChI=1S/C14H7ClF4N2/c15-9-1-2-10(11(16)6-9)12-7-21-4-3-8(14(17,18)19)5-13(21)20-12/h1-7H. The van der Waals surface area contributed by atoms with E-state index in [0.717, 1.165) is 18.2 Å². The largest absolute Gasteiger partial charge is 0.416 e. The summed E-state index contributed by atoms with van der Waals surface area (Å²) in [6.45, 7) is 0. The Hall–Kier alpha value is -2.08. The Kier molecular flexibility index (Phi) is 3.13. The molecule has 7 heteroatoms. The number of aromatic nitrogens is 2. The highest BCUT2D eigenvalue weighted by molar-refractivity contribution is 6.30. The molecule has 3 rings (SSSR count). The quantitative estimate of drug-likeness (QED) is 0.589. The minimum atomic E-state index is -4.45. The van der Waals surface area contributed by atoms with E-state index in [1.807, 2.05) is 0 Å². The zero-order valence-corrected chi connectivity index (χ0v) is 11.1. The minimum Gasteiger partial charge on any atom is -0.306 e. The van der Waals surface area contributed by atoms with Gasteiger partial charge in [0, 0.05) is 23.0 Å². The molecule has 0 radical (unpaired) electrons. The van der Waals surface area contributed by atoms with Crippen molar-refractivity contribution in [3.63, 3.8) is 0 Å². The second kappa shape index (κ2) is 4.73. The van der Waals surface area contributed by atoms with Crippen molar-refractivity contribution in [1.82, 2.24) is 9.38 Å². The summed E-state index contributed by atoms with van der Waals surface area (Å²) in [6.07, 6.45) is -1.75. The van der Waals surface area contributed by atoms with Crippen LogP contribution in [0.5, 0.6) is 0 Å². The summed E-state index contributed by atoms with van der Waals surface area (Å²) in [6, 6.07) is 5.91. The van der Waals surface area contributed by atoms with Crippen LogP contribution in [0.3, 0.4) is 0 Å². The smallest absolute Gasteiger partial charge is 0.306 e. The lowest BCUT2D eigenvalue weighted by atomic mass is 10.1. The third-order valence-corrected chi connectivity index (χ3v) is 3.23. The van der Waals surface area contributed by atoms with E-state index in [4.69, 9.17) is 11.6 Å². The Labute approximate surface area is 121 Å². The van der Waals surface area contributed by atoms with Crippen LogP contribution < -0.4 is 0 Å². The molecular weight excluding hydrogens is 308 g/mol. The molecule has 2 aromatic heterocycles. The average Bonchev–Trinajstić information content (AvgIpc) is 2.79. The second-order valence-corrected chi connectivity index (χ2v) is 4.87. The number of nitrogens with zero attached hydrogens (tertiary/aromatic N) is 2. The predicted molar refractivity (Wildman–Crippen MR) is 70.6 cm³/mol. The number of pyridine rings is 1. The van der Waals surface area contributed by atoms with Crippen LogP contribution in [0.4, 0.5) is 17.6 Å². The summed E-state index contributed by atoms with van der Waals surface area (Å²) in [5.74, 6) is -0.582. The molecule has 108 valence electrons. The van der Waals surface area contributed by atoms with Gasteiger partial charge in [-0.25, -0.2) is 9.37 Å². The van der Waals surface area contributed by atoms with Gasteiger partial charge in [0.05, 0.1) is 11.3 Å². The van der Waals surface area contributed by atoms with Gasteiger partial charge in [0.1, 0.15) is 11.5 Å². The van der Waals surface area contributed by atoms with E-state index in [0.29, 0.717) is 0 Å². The van der Waals surface area contributed by atoms with Crippen molar-refractivity contribution in [1.29, 1.82) is 0 Å². The maximum atomic E-state index is 13.8. The summed E-state index contributed by atoms with van der Waals surface area (Å²) in [4.78, 5) is 4.03. The van der Waals surface area contributed by atoms with Crippen molar-refractivity contribution in [3.8, 4) is 11.3 Å². The van der Waals surface area contributed by atoms with Gasteiger partial charge in [-0.1, -0.05) is 11.6 Å². The lowest BCUT2D eigenvalue weighted by Gasteiger charge is -2.05. The van der Waals surface area contributed by atoms with Crippen LogP contribution in [0.2, 0.25) is 5.02 Å². The van der Waals surface area contributed by atoms with Gasteiger partial charge in [-0.2, -0.15) is 13.2 Å². The minimum absolute atomic E-state index is 0.0918. The highest BCUT2D eigenvalue weighted by atomic mass is 35.5. The molecule has 0 N–H and O–H groups in total. The van der Waals surface area contributed by atoms with Crippen molar-refractivity contribution in [2.75, 3.05) is 0 Å². The average molecular weight is 315 g/mol. The van der Waals surface area contributed by atoms with E-state index >= 15 is 0 Å². The van der Waals surface area contributed by atoms with Crippen LogP contribution >= 0.6 is 11.6 Å². The van der Waals surface area contributed by atoms with E-state index < -0.39 is 17.6 Å². The van der Waals surface area contributed by atoms with Crippen molar-refractivity contribution in [3.05, 3.63) is 59.1 Å². The monoisotopic (exact) mass is 314 g/mol. The van der Waals surface area contributed by atoms with Crippen molar-refractivity contribution >= 4 is 17.2 Å². The Morgan fingerprint density at radius 2 is 1.86 bits per heavy atom. The maximum absolute atomic E-state index is 13.8. The second-order valence-electron chi connectivity index (χ2n) is 4.43. The summed E-state index contributed by atoms with van der Waals surface area (Å²) >= 11 is 5.66. The predicted octanol–water partition coefficient (Wildman–Crippen LogP) is 4.81.